The number of nitrogens with zero attached hydrogens (tertiary/aromatic N) is 1. The number of benzene rings is 1. The summed E-state index contributed by atoms with van der Waals surface area (Å²) < 4.78 is 0. The fraction of sp³-hybridized carbons (Fsp3) is 0.471. The minimum atomic E-state index is -0.158. The molecule has 5 nitrogen and oxygen atoms in total. The second kappa shape index (κ2) is 11.7. The molecule has 0 fully saturated rings. The van der Waals surface area contributed by atoms with Gasteiger partial charge in [0.05, 0.1) is 6.21 Å². The summed E-state index contributed by atoms with van der Waals surface area (Å²) in [7, 11) is 0. The van der Waals surface area contributed by atoms with Gasteiger partial charge >= 0.3 is 0 Å². The summed E-state index contributed by atoms with van der Waals surface area (Å²) in [6, 6.07) is 7.19. The van der Waals surface area contributed by atoms with Gasteiger partial charge in [0.25, 0.3) is 0 Å². The molecule has 0 heterocycles. The predicted octanol–water partition coefficient (Wildman–Crippen LogP) is 3.27. The van der Waals surface area contributed by atoms with E-state index in [0.717, 1.165) is 24.9 Å². The van der Waals surface area contributed by atoms with Crippen LogP contribution in [0.1, 0.15) is 51.0 Å². The lowest BCUT2D eigenvalue weighted by Crippen LogP contribution is -2.24. The van der Waals surface area contributed by atoms with Crippen molar-refractivity contribution in [1.29, 1.82) is 0 Å². The number of hydrogen-bond donors (Lipinski definition) is 2. The van der Waals surface area contributed by atoms with Crippen LogP contribution in [0, 0.1) is 0 Å². The molecule has 2 N–H and O–H groups in total. The Kier molecular flexibility index (Phi) is 9.71. The molecule has 0 saturated heterocycles. The maximum absolute atomic E-state index is 11.6. The summed E-state index contributed by atoms with van der Waals surface area (Å²) in [5.74, 6) is -0.104. The number of hydrazone groups is 1. The molecule has 1 rings (SSSR count). The van der Waals surface area contributed by atoms with Gasteiger partial charge in [0, 0.05) is 24.4 Å². The van der Waals surface area contributed by atoms with E-state index < -0.39 is 0 Å². The van der Waals surface area contributed by atoms with Gasteiger partial charge in [0.1, 0.15) is 0 Å². The molecule has 0 saturated carbocycles. The third-order valence-electron chi connectivity index (χ3n) is 3.16. The lowest BCUT2D eigenvalue weighted by molar-refractivity contribution is -0.123. The van der Waals surface area contributed by atoms with Crippen molar-refractivity contribution in [3.63, 3.8) is 0 Å². The van der Waals surface area contributed by atoms with E-state index in [2.05, 4.69) is 22.8 Å². The quantitative estimate of drug-likeness (QED) is 0.391. The van der Waals surface area contributed by atoms with E-state index in [4.69, 9.17) is 11.6 Å². The molecule has 2 amide bonds. The van der Waals surface area contributed by atoms with Crippen molar-refractivity contribution in [2.75, 3.05) is 6.54 Å². The van der Waals surface area contributed by atoms with Crippen molar-refractivity contribution in [3.05, 3.63) is 34.9 Å². The molecule has 0 radical (unpaired) electrons. The highest BCUT2D eigenvalue weighted by molar-refractivity contribution is 6.30. The maximum atomic E-state index is 11.6. The van der Waals surface area contributed by atoms with Gasteiger partial charge in [-0.25, -0.2) is 5.43 Å². The summed E-state index contributed by atoms with van der Waals surface area (Å²) in [6.45, 7) is 2.81. The Bertz CT molecular complexity index is 532. The monoisotopic (exact) mass is 337 g/mol. The summed E-state index contributed by atoms with van der Waals surface area (Å²) in [5, 5.41) is 7.36. The molecule has 0 unspecified atom stereocenters. The Labute approximate surface area is 142 Å². The fourth-order valence-corrected chi connectivity index (χ4v) is 2.08. The second-order valence-electron chi connectivity index (χ2n) is 5.26. The number of unbranched alkanes of at least 4 members (excludes halogenated alkanes) is 2. The van der Waals surface area contributed by atoms with E-state index in [9.17, 15) is 9.59 Å². The summed E-state index contributed by atoms with van der Waals surface area (Å²) >= 11 is 5.85. The molecular weight excluding hydrogens is 314 g/mol. The topological polar surface area (TPSA) is 70.6 Å². The van der Waals surface area contributed by atoms with Crippen LogP contribution < -0.4 is 10.7 Å². The number of nitrogens with one attached hydrogen (secondary N) is 2. The van der Waals surface area contributed by atoms with Gasteiger partial charge in [-0.2, -0.15) is 5.10 Å². The van der Waals surface area contributed by atoms with E-state index in [-0.39, 0.29) is 11.8 Å². The van der Waals surface area contributed by atoms with Crippen molar-refractivity contribution in [2.24, 2.45) is 5.10 Å². The Morgan fingerprint density at radius 1 is 1.17 bits per heavy atom. The maximum Gasteiger partial charge on any atom is 0.240 e. The molecular formula is C17H24ClN3O2. The van der Waals surface area contributed by atoms with Crippen LogP contribution in [0.15, 0.2) is 29.4 Å². The van der Waals surface area contributed by atoms with E-state index in [1.807, 2.05) is 12.1 Å². The van der Waals surface area contributed by atoms with Crippen LogP contribution in [0.4, 0.5) is 0 Å². The van der Waals surface area contributed by atoms with Gasteiger partial charge < -0.3 is 5.32 Å². The van der Waals surface area contributed by atoms with Crippen molar-refractivity contribution >= 4 is 29.6 Å². The first-order valence-electron chi connectivity index (χ1n) is 7.96. The molecule has 0 aliphatic rings. The van der Waals surface area contributed by atoms with Crippen molar-refractivity contribution in [3.8, 4) is 0 Å². The molecule has 0 spiro atoms. The van der Waals surface area contributed by atoms with E-state index in [0.29, 0.717) is 30.7 Å². The van der Waals surface area contributed by atoms with Gasteiger partial charge in [-0.1, -0.05) is 37.1 Å². The minimum Gasteiger partial charge on any atom is -0.356 e. The van der Waals surface area contributed by atoms with E-state index in [1.54, 1.807) is 18.3 Å². The van der Waals surface area contributed by atoms with Gasteiger partial charge in [0.15, 0.2) is 0 Å². The van der Waals surface area contributed by atoms with Crippen LogP contribution in [0.5, 0.6) is 0 Å². The van der Waals surface area contributed by atoms with Crippen molar-refractivity contribution < 1.29 is 9.59 Å². The zero-order valence-corrected chi connectivity index (χ0v) is 14.2. The Hall–Kier alpha value is -1.88. The molecule has 126 valence electrons. The molecule has 6 heteroatoms. The highest BCUT2D eigenvalue weighted by Gasteiger charge is 2.03. The Balaban J connectivity index is 2.11. The highest BCUT2D eigenvalue weighted by Crippen LogP contribution is 2.08. The van der Waals surface area contributed by atoms with Crippen LogP contribution in [0.2, 0.25) is 5.02 Å². The number of halogens is 1. The smallest absolute Gasteiger partial charge is 0.240 e. The number of hydrogen-bond acceptors (Lipinski definition) is 3. The summed E-state index contributed by atoms with van der Waals surface area (Å²) in [4.78, 5) is 23.1. The molecule has 1 aromatic carbocycles. The van der Waals surface area contributed by atoms with Gasteiger partial charge in [0.2, 0.25) is 11.8 Å². The lowest BCUT2D eigenvalue weighted by Gasteiger charge is -2.04. The van der Waals surface area contributed by atoms with Crippen LogP contribution in [0.3, 0.4) is 0 Å². The number of rotatable bonds is 10. The zero-order chi connectivity index (χ0) is 16.9. The first-order valence-corrected chi connectivity index (χ1v) is 8.33. The van der Waals surface area contributed by atoms with Crippen LogP contribution in [-0.2, 0) is 9.59 Å². The lowest BCUT2D eigenvalue weighted by atomic mass is 10.2. The highest BCUT2D eigenvalue weighted by atomic mass is 35.5. The van der Waals surface area contributed by atoms with Gasteiger partial charge in [-0.15, -0.1) is 0 Å². The summed E-state index contributed by atoms with van der Waals surface area (Å²) in [5.41, 5.74) is 3.29. The molecule has 0 aliphatic heterocycles. The standard InChI is InChI=1S/C17H24ClN3O2/c1-2-3-11-19-16(22)9-4-5-10-17(23)21-20-13-14-7-6-8-15(18)12-14/h6-8,12-13H,2-5,9-11H2,1H3,(H,19,22)(H,21,23)/b20-13+. The first kappa shape index (κ1) is 19.2. The van der Waals surface area contributed by atoms with Crippen molar-refractivity contribution in [1.82, 2.24) is 10.7 Å². The largest absolute Gasteiger partial charge is 0.356 e. The third kappa shape index (κ3) is 9.68. The molecule has 0 aromatic heterocycles. The molecule has 0 atom stereocenters. The number of carbonyl (C=O) groups is 2. The summed E-state index contributed by atoms with van der Waals surface area (Å²) in [6.07, 6.45) is 5.79. The van der Waals surface area contributed by atoms with Crippen molar-refractivity contribution in [2.45, 2.75) is 45.4 Å². The molecule has 23 heavy (non-hydrogen) atoms. The van der Waals surface area contributed by atoms with Gasteiger partial charge in [-0.05, 0) is 37.0 Å². The third-order valence-corrected chi connectivity index (χ3v) is 3.40. The molecule has 0 bridgehead atoms. The van der Waals surface area contributed by atoms with Crippen LogP contribution >= 0.6 is 11.6 Å². The van der Waals surface area contributed by atoms with Crippen LogP contribution in [0.25, 0.3) is 0 Å². The average Bonchev–Trinajstić information content (AvgIpc) is 2.52. The second-order valence-corrected chi connectivity index (χ2v) is 5.70. The normalized spacial score (nSPS) is 10.7. The predicted molar refractivity (Wildman–Crippen MR) is 93.6 cm³/mol. The zero-order valence-electron chi connectivity index (χ0n) is 13.5. The first-order chi connectivity index (χ1) is 11.1. The van der Waals surface area contributed by atoms with E-state index in [1.165, 1.54) is 0 Å². The minimum absolute atomic E-state index is 0.0536. The molecule has 1 aromatic rings. The average molecular weight is 338 g/mol. The SMILES string of the molecule is CCCCNC(=O)CCCCC(=O)N/N=C/c1cccc(Cl)c1. The number of carbonyl (C=O) groups excluding carboxylic acids is 2. The fourth-order valence-electron chi connectivity index (χ4n) is 1.89. The van der Waals surface area contributed by atoms with Gasteiger partial charge in [-0.3, -0.25) is 9.59 Å². The van der Waals surface area contributed by atoms with Crippen LogP contribution in [-0.4, -0.2) is 24.6 Å². The molecule has 0 aliphatic carbocycles. The Morgan fingerprint density at radius 2 is 1.91 bits per heavy atom. The van der Waals surface area contributed by atoms with E-state index >= 15 is 0 Å². The number of amides is 2. The Morgan fingerprint density at radius 3 is 2.61 bits per heavy atom.